The Bertz CT molecular complexity index is 1020. The van der Waals surface area contributed by atoms with E-state index in [1.165, 1.54) is 11.3 Å². The minimum absolute atomic E-state index is 0.0993. The van der Waals surface area contributed by atoms with Crippen LogP contribution in [0, 0.1) is 6.92 Å². The highest BCUT2D eigenvalue weighted by Gasteiger charge is 2.39. The molecule has 2 saturated heterocycles. The van der Waals surface area contributed by atoms with Crippen molar-refractivity contribution in [3.8, 4) is 10.6 Å². The molecule has 0 radical (unpaired) electrons. The number of aryl methyl sites for hydroxylation is 1. The first kappa shape index (κ1) is 16.7. The van der Waals surface area contributed by atoms with Gasteiger partial charge in [0.15, 0.2) is 0 Å². The zero-order chi connectivity index (χ0) is 18.4. The summed E-state index contributed by atoms with van der Waals surface area (Å²) in [4.78, 5) is 23.3. The SMILES string of the molecule is Cc1nnc(-c2ccc3cnc(NC(=O)CN4C[C@@H]5C[C@H]4CO5)nc3c2)s1. The Hall–Kier alpha value is -2.49. The van der Waals surface area contributed by atoms with Crippen molar-refractivity contribution in [1.82, 2.24) is 25.1 Å². The molecule has 0 saturated carbocycles. The van der Waals surface area contributed by atoms with Crippen LogP contribution in [0.2, 0.25) is 0 Å². The molecule has 3 aromatic rings. The van der Waals surface area contributed by atoms with E-state index in [2.05, 4.69) is 30.4 Å². The number of rotatable bonds is 4. The number of morpholine rings is 1. The van der Waals surface area contributed by atoms with Gasteiger partial charge in [0, 0.05) is 29.7 Å². The highest BCUT2D eigenvalue weighted by molar-refractivity contribution is 7.14. The van der Waals surface area contributed by atoms with Gasteiger partial charge in [-0.3, -0.25) is 15.0 Å². The number of benzene rings is 1. The second-order valence-electron chi connectivity index (χ2n) is 6.92. The third-order valence-corrected chi connectivity index (χ3v) is 5.86. The summed E-state index contributed by atoms with van der Waals surface area (Å²) in [6.45, 7) is 3.81. The van der Waals surface area contributed by atoms with Crippen LogP contribution in [0.3, 0.4) is 0 Å². The van der Waals surface area contributed by atoms with Crippen LogP contribution >= 0.6 is 11.3 Å². The van der Waals surface area contributed by atoms with Gasteiger partial charge in [-0.15, -0.1) is 10.2 Å². The number of carbonyl (C=O) groups is 1. The Morgan fingerprint density at radius 1 is 1.41 bits per heavy atom. The normalized spacial score (nSPS) is 21.8. The summed E-state index contributed by atoms with van der Waals surface area (Å²) >= 11 is 1.54. The third kappa shape index (κ3) is 3.29. The zero-order valence-electron chi connectivity index (χ0n) is 14.8. The van der Waals surface area contributed by atoms with Gasteiger partial charge in [0.2, 0.25) is 11.9 Å². The summed E-state index contributed by atoms with van der Waals surface area (Å²) < 4.78 is 5.57. The molecule has 2 fully saturated rings. The van der Waals surface area contributed by atoms with Crippen LogP contribution in [-0.4, -0.2) is 62.8 Å². The van der Waals surface area contributed by atoms with Gasteiger partial charge in [-0.05, 0) is 19.4 Å². The number of ether oxygens (including phenoxy) is 1. The van der Waals surface area contributed by atoms with E-state index in [0.29, 0.717) is 18.5 Å². The third-order valence-electron chi connectivity index (χ3n) is 4.97. The van der Waals surface area contributed by atoms with E-state index in [1.807, 2.05) is 25.1 Å². The van der Waals surface area contributed by atoms with Crippen molar-refractivity contribution >= 4 is 34.1 Å². The van der Waals surface area contributed by atoms with Crippen molar-refractivity contribution in [3.05, 3.63) is 29.4 Å². The quantitative estimate of drug-likeness (QED) is 0.736. The van der Waals surface area contributed by atoms with Gasteiger partial charge in [0.25, 0.3) is 0 Å². The summed E-state index contributed by atoms with van der Waals surface area (Å²) in [6, 6.07) is 6.24. The maximum absolute atomic E-state index is 12.4. The van der Waals surface area contributed by atoms with Crippen molar-refractivity contribution in [3.63, 3.8) is 0 Å². The van der Waals surface area contributed by atoms with E-state index in [-0.39, 0.29) is 12.0 Å². The Balaban J connectivity index is 1.33. The maximum atomic E-state index is 12.4. The number of amides is 1. The Labute approximate surface area is 159 Å². The molecule has 2 bridgehead atoms. The van der Waals surface area contributed by atoms with E-state index in [0.717, 1.165) is 46.1 Å². The Morgan fingerprint density at radius 3 is 3.07 bits per heavy atom. The van der Waals surface area contributed by atoms with E-state index in [1.54, 1.807) is 6.20 Å². The number of anilines is 1. The average molecular weight is 382 g/mol. The molecule has 1 aromatic carbocycles. The number of nitrogens with zero attached hydrogens (tertiary/aromatic N) is 5. The minimum atomic E-state index is -0.0993. The smallest absolute Gasteiger partial charge is 0.240 e. The lowest BCUT2D eigenvalue weighted by atomic mass is 10.1. The fourth-order valence-corrected chi connectivity index (χ4v) is 4.34. The number of likely N-dealkylation sites (tertiary alicyclic amines) is 1. The Morgan fingerprint density at radius 2 is 2.33 bits per heavy atom. The molecular weight excluding hydrogens is 364 g/mol. The van der Waals surface area contributed by atoms with E-state index >= 15 is 0 Å². The van der Waals surface area contributed by atoms with E-state index in [4.69, 9.17) is 4.74 Å². The number of nitrogens with one attached hydrogen (secondary N) is 1. The highest BCUT2D eigenvalue weighted by atomic mass is 32.1. The van der Waals surface area contributed by atoms with Crippen LogP contribution in [0.4, 0.5) is 5.95 Å². The van der Waals surface area contributed by atoms with Crippen molar-refractivity contribution in [1.29, 1.82) is 0 Å². The van der Waals surface area contributed by atoms with Crippen molar-refractivity contribution in [2.45, 2.75) is 25.5 Å². The fourth-order valence-electron chi connectivity index (χ4n) is 3.65. The summed E-state index contributed by atoms with van der Waals surface area (Å²) in [5.41, 5.74) is 1.72. The number of carbonyl (C=O) groups excluding carboxylic acids is 1. The first-order valence-electron chi connectivity index (χ1n) is 8.87. The summed E-state index contributed by atoms with van der Waals surface area (Å²) in [5.74, 6) is 0.219. The summed E-state index contributed by atoms with van der Waals surface area (Å²) in [6.07, 6.45) is 3.02. The second-order valence-corrected chi connectivity index (χ2v) is 8.10. The molecule has 138 valence electrons. The first-order valence-corrected chi connectivity index (χ1v) is 9.68. The minimum Gasteiger partial charge on any atom is -0.375 e. The standard InChI is InChI=1S/C18H18N6O2S/c1-10-22-23-17(27-10)11-2-3-12-6-19-18(20-15(12)4-11)21-16(25)8-24-7-14-5-13(24)9-26-14/h2-4,6,13-14H,5,7-9H2,1H3,(H,19,20,21,25)/t13-,14-/m0/s1. The number of hydrogen-bond acceptors (Lipinski definition) is 8. The van der Waals surface area contributed by atoms with E-state index < -0.39 is 0 Å². The van der Waals surface area contributed by atoms with Gasteiger partial charge in [0.05, 0.1) is 24.8 Å². The second kappa shape index (κ2) is 6.59. The lowest BCUT2D eigenvalue weighted by molar-refractivity contribution is -0.118. The van der Waals surface area contributed by atoms with Gasteiger partial charge in [-0.25, -0.2) is 9.97 Å². The molecule has 2 aliphatic heterocycles. The van der Waals surface area contributed by atoms with Crippen LogP contribution in [-0.2, 0) is 9.53 Å². The maximum Gasteiger partial charge on any atom is 0.240 e. The molecule has 1 N–H and O–H groups in total. The molecule has 1 amide bonds. The molecule has 4 heterocycles. The summed E-state index contributed by atoms with van der Waals surface area (Å²) in [7, 11) is 0. The number of fused-ring (bicyclic) bond motifs is 3. The van der Waals surface area contributed by atoms with Gasteiger partial charge in [-0.1, -0.05) is 23.5 Å². The van der Waals surface area contributed by atoms with Gasteiger partial charge in [-0.2, -0.15) is 0 Å². The van der Waals surface area contributed by atoms with Crippen LogP contribution < -0.4 is 5.32 Å². The zero-order valence-corrected chi connectivity index (χ0v) is 15.6. The van der Waals surface area contributed by atoms with Gasteiger partial charge < -0.3 is 4.74 Å². The average Bonchev–Trinajstić information content (AvgIpc) is 3.38. The molecule has 27 heavy (non-hydrogen) atoms. The molecule has 2 aliphatic rings. The van der Waals surface area contributed by atoms with Crippen LogP contribution in [0.1, 0.15) is 11.4 Å². The number of aromatic nitrogens is 4. The van der Waals surface area contributed by atoms with Crippen molar-refractivity contribution in [2.24, 2.45) is 0 Å². The monoisotopic (exact) mass is 382 g/mol. The lowest BCUT2D eigenvalue weighted by Gasteiger charge is -2.25. The van der Waals surface area contributed by atoms with Gasteiger partial charge >= 0.3 is 0 Å². The summed E-state index contributed by atoms with van der Waals surface area (Å²) in [5, 5.41) is 13.7. The molecule has 0 aliphatic carbocycles. The molecule has 8 nitrogen and oxygen atoms in total. The molecule has 9 heteroatoms. The van der Waals surface area contributed by atoms with Crippen LogP contribution in [0.15, 0.2) is 24.4 Å². The number of hydrogen-bond donors (Lipinski definition) is 1. The molecule has 0 spiro atoms. The topological polar surface area (TPSA) is 93.1 Å². The van der Waals surface area contributed by atoms with Gasteiger partial charge in [0.1, 0.15) is 10.0 Å². The Kier molecular flexibility index (Phi) is 4.07. The fraction of sp³-hybridized carbons (Fsp3) is 0.389. The van der Waals surface area contributed by atoms with Crippen molar-refractivity contribution in [2.75, 3.05) is 25.0 Å². The van der Waals surface area contributed by atoms with Crippen molar-refractivity contribution < 1.29 is 9.53 Å². The van der Waals surface area contributed by atoms with Crippen LogP contribution in [0.25, 0.3) is 21.5 Å². The highest BCUT2D eigenvalue weighted by Crippen LogP contribution is 2.28. The molecular formula is C18H18N6O2S. The first-order chi connectivity index (χ1) is 13.1. The molecule has 0 unspecified atom stereocenters. The van der Waals surface area contributed by atoms with E-state index in [9.17, 15) is 4.79 Å². The predicted octanol–water partition coefficient (Wildman–Crippen LogP) is 1.87. The van der Waals surface area contributed by atoms with Crippen LogP contribution in [0.5, 0.6) is 0 Å². The predicted molar refractivity (Wildman–Crippen MR) is 102 cm³/mol. The molecule has 2 aromatic heterocycles. The molecule has 5 rings (SSSR count). The molecule has 2 atom stereocenters. The lowest BCUT2D eigenvalue weighted by Crippen LogP contribution is -2.42. The largest absolute Gasteiger partial charge is 0.375 e.